The Balaban J connectivity index is 2.61. The number of hydrogen-bond donors (Lipinski definition) is 1. The molecular formula is C10H17NS. The maximum Gasteiger partial charge on any atom is 0.00924 e. The van der Waals surface area contributed by atoms with Crippen LogP contribution in [0.4, 0.5) is 0 Å². The zero-order chi connectivity index (χ0) is 8.97. The second-order valence-corrected chi connectivity index (χ2v) is 4.12. The molecule has 0 saturated heterocycles. The third kappa shape index (κ3) is 2.32. The molecule has 0 aliphatic heterocycles. The lowest BCUT2D eigenvalue weighted by atomic mass is 10.1. The number of rotatable bonds is 4. The van der Waals surface area contributed by atoms with E-state index in [9.17, 15) is 0 Å². The second-order valence-electron chi connectivity index (χ2n) is 3.12. The van der Waals surface area contributed by atoms with Gasteiger partial charge in [-0.3, -0.25) is 0 Å². The van der Waals surface area contributed by atoms with Crippen LogP contribution in [0.15, 0.2) is 11.4 Å². The van der Waals surface area contributed by atoms with Gasteiger partial charge < -0.3 is 5.32 Å². The lowest BCUT2D eigenvalue weighted by molar-refractivity contribution is 0.611. The van der Waals surface area contributed by atoms with Gasteiger partial charge in [0.05, 0.1) is 0 Å². The molecule has 0 radical (unpaired) electrons. The molecule has 0 spiro atoms. The van der Waals surface area contributed by atoms with Crippen LogP contribution in [0.25, 0.3) is 0 Å². The van der Waals surface area contributed by atoms with E-state index in [4.69, 9.17) is 0 Å². The van der Waals surface area contributed by atoms with Crippen molar-refractivity contribution in [3.8, 4) is 0 Å². The van der Waals surface area contributed by atoms with Gasteiger partial charge in [0, 0.05) is 10.9 Å². The van der Waals surface area contributed by atoms with E-state index in [2.05, 4.69) is 30.6 Å². The lowest BCUT2D eigenvalue weighted by Gasteiger charge is -2.09. The predicted molar refractivity (Wildman–Crippen MR) is 55.9 cm³/mol. The van der Waals surface area contributed by atoms with Crippen LogP contribution in [0.2, 0.25) is 0 Å². The fourth-order valence-electron chi connectivity index (χ4n) is 1.24. The standard InChI is InChI=1S/C10H17NS/c1-4-9-5-6-12-10(9)7-8(2)11-3/h5-6,8,11H,4,7H2,1-3H3. The van der Waals surface area contributed by atoms with Crippen molar-refractivity contribution in [2.45, 2.75) is 32.7 Å². The molecule has 0 aromatic carbocycles. The molecule has 68 valence electrons. The number of nitrogens with one attached hydrogen (secondary N) is 1. The summed E-state index contributed by atoms with van der Waals surface area (Å²) in [6.45, 7) is 4.44. The van der Waals surface area contributed by atoms with Crippen molar-refractivity contribution in [2.24, 2.45) is 0 Å². The van der Waals surface area contributed by atoms with Gasteiger partial charge in [0.2, 0.25) is 0 Å². The highest BCUT2D eigenvalue weighted by Crippen LogP contribution is 2.18. The number of aryl methyl sites for hydroxylation is 1. The first kappa shape index (κ1) is 9.75. The average molecular weight is 183 g/mol. The van der Waals surface area contributed by atoms with Crippen molar-refractivity contribution < 1.29 is 0 Å². The summed E-state index contributed by atoms with van der Waals surface area (Å²) in [5, 5.41) is 5.45. The molecule has 0 fully saturated rings. The minimum Gasteiger partial charge on any atom is -0.317 e. The molecule has 1 N–H and O–H groups in total. The van der Waals surface area contributed by atoms with Gasteiger partial charge in [0.15, 0.2) is 0 Å². The van der Waals surface area contributed by atoms with Crippen LogP contribution in [0.1, 0.15) is 24.3 Å². The van der Waals surface area contributed by atoms with Crippen LogP contribution in [0.5, 0.6) is 0 Å². The fourth-order valence-corrected chi connectivity index (χ4v) is 2.35. The molecular weight excluding hydrogens is 166 g/mol. The second kappa shape index (κ2) is 4.63. The Bertz CT molecular complexity index is 229. The zero-order valence-corrected chi connectivity index (χ0v) is 8.87. The Morgan fingerprint density at radius 3 is 2.92 bits per heavy atom. The largest absolute Gasteiger partial charge is 0.317 e. The van der Waals surface area contributed by atoms with Crippen LogP contribution < -0.4 is 5.32 Å². The first-order valence-electron chi connectivity index (χ1n) is 4.50. The molecule has 1 nitrogen and oxygen atoms in total. The molecule has 1 unspecified atom stereocenters. The number of likely N-dealkylation sites (N-methyl/N-ethyl adjacent to an activating group) is 1. The molecule has 0 aliphatic carbocycles. The fraction of sp³-hybridized carbons (Fsp3) is 0.600. The summed E-state index contributed by atoms with van der Waals surface area (Å²) in [4.78, 5) is 1.54. The molecule has 0 aliphatic rings. The third-order valence-electron chi connectivity index (χ3n) is 2.20. The maximum atomic E-state index is 3.26. The van der Waals surface area contributed by atoms with Crippen LogP contribution in [0.3, 0.4) is 0 Å². The minimum absolute atomic E-state index is 0.592. The summed E-state index contributed by atoms with van der Waals surface area (Å²) in [6, 6.07) is 2.83. The van der Waals surface area contributed by atoms with Crippen molar-refractivity contribution in [3.05, 3.63) is 21.9 Å². The van der Waals surface area contributed by atoms with E-state index in [1.165, 1.54) is 5.56 Å². The van der Waals surface area contributed by atoms with E-state index in [0.29, 0.717) is 6.04 Å². The summed E-state index contributed by atoms with van der Waals surface area (Å²) < 4.78 is 0. The predicted octanol–water partition coefficient (Wildman–Crippen LogP) is 2.46. The lowest BCUT2D eigenvalue weighted by Crippen LogP contribution is -2.23. The maximum absolute atomic E-state index is 3.26. The van der Waals surface area contributed by atoms with E-state index in [0.717, 1.165) is 12.8 Å². The van der Waals surface area contributed by atoms with E-state index >= 15 is 0 Å². The van der Waals surface area contributed by atoms with Crippen LogP contribution >= 0.6 is 11.3 Å². The van der Waals surface area contributed by atoms with Gasteiger partial charge in [-0.05, 0) is 43.8 Å². The Labute approximate surface area is 78.8 Å². The molecule has 1 rings (SSSR count). The van der Waals surface area contributed by atoms with E-state index < -0.39 is 0 Å². The van der Waals surface area contributed by atoms with Crippen molar-refractivity contribution >= 4 is 11.3 Å². The molecule has 2 heteroatoms. The van der Waals surface area contributed by atoms with E-state index in [1.807, 2.05) is 18.4 Å². The first-order valence-corrected chi connectivity index (χ1v) is 5.38. The Morgan fingerprint density at radius 1 is 1.58 bits per heavy atom. The van der Waals surface area contributed by atoms with Crippen molar-refractivity contribution in [3.63, 3.8) is 0 Å². The Hall–Kier alpha value is -0.340. The van der Waals surface area contributed by atoms with Crippen molar-refractivity contribution in [1.82, 2.24) is 5.32 Å². The van der Waals surface area contributed by atoms with Gasteiger partial charge in [-0.25, -0.2) is 0 Å². The van der Waals surface area contributed by atoms with Gasteiger partial charge in [-0.15, -0.1) is 11.3 Å². The third-order valence-corrected chi connectivity index (χ3v) is 3.19. The quantitative estimate of drug-likeness (QED) is 0.756. The summed E-state index contributed by atoms with van der Waals surface area (Å²) in [7, 11) is 2.02. The van der Waals surface area contributed by atoms with Crippen molar-refractivity contribution in [2.75, 3.05) is 7.05 Å². The van der Waals surface area contributed by atoms with Crippen LogP contribution in [-0.4, -0.2) is 13.1 Å². The van der Waals surface area contributed by atoms with Crippen LogP contribution in [0, 0.1) is 0 Å². The van der Waals surface area contributed by atoms with Gasteiger partial charge >= 0.3 is 0 Å². The van der Waals surface area contributed by atoms with Gasteiger partial charge in [-0.1, -0.05) is 6.92 Å². The molecule has 0 amide bonds. The summed E-state index contributed by atoms with van der Waals surface area (Å²) in [6.07, 6.45) is 2.33. The molecule has 1 aromatic rings. The van der Waals surface area contributed by atoms with Crippen LogP contribution in [-0.2, 0) is 12.8 Å². The highest BCUT2D eigenvalue weighted by molar-refractivity contribution is 7.10. The molecule has 1 heterocycles. The summed E-state index contributed by atoms with van der Waals surface area (Å²) >= 11 is 1.88. The first-order chi connectivity index (χ1) is 5.77. The van der Waals surface area contributed by atoms with Crippen molar-refractivity contribution in [1.29, 1.82) is 0 Å². The highest BCUT2D eigenvalue weighted by atomic mass is 32.1. The SMILES string of the molecule is CCc1ccsc1CC(C)NC. The molecule has 0 bridgehead atoms. The Morgan fingerprint density at radius 2 is 2.33 bits per heavy atom. The van der Waals surface area contributed by atoms with E-state index in [-0.39, 0.29) is 0 Å². The molecule has 1 atom stereocenters. The average Bonchev–Trinajstić information content (AvgIpc) is 2.51. The molecule has 0 saturated carbocycles. The van der Waals surface area contributed by atoms with Gasteiger partial charge in [-0.2, -0.15) is 0 Å². The molecule has 1 aromatic heterocycles. The summed E-state index contributed by atoms with van der Waals surface area (Å²) in [5.41, 5.74) is 1.52. The minimum atomic E-state index is 0.592. The van der Waals surface area contributed by atoms with E-state index in [1.54, 1.807) is 4.88 Å². The van der Waals surface area contributed by atoms with Gasteiger partial charge in [0.1, 0.15) is 0 Å². The zero-order valence-electron chi connectivity index (χ0n) is 8.05. The molecule has 12 heavy (non-hydrogen) atoms. The Kier molecular flexibility index (Phi) is 3.76. The normalized spacial score (nSPS) is 13.2. The monoisotopic (exact) mass is 183 g/mol. The number of hydrogen-bond acceptors (Lipinski definition) is 2. The summed E-state index contributed by atoms with van der Waals surface area (Å²) in [5.74, 6) is 0. The smallest absolute Gasteiger partial charge is 0.00924 e. The highest BCUT2D eigenvalue weighted by Gasteiger charge is 2.05. The topological polar surface area (TPSA) is 12.0 Å². The van der Waals surface area contributed by atoms with Gasteiger partial charge in [0.25, 0.3) is 0 Å². The number of thiophene rings is 1.